The molecular formula is C21H21ClN2O3. The van der Waals surface area contributed by atoms with Crippen LogP contribution in [0.3, 0.4) is 0 Å². The largest absolute Gasteiger partial charge is 0.460 e. The molecule has 0 saturated carbocycles. The van der Waals surface area contributed by atoms with Crippen LogP contribution in [-0.2, 0) is 6.61 Å². The monoisotopic (exact) mass is 384 g/mol. The van der Waals surface area contributed by atoms with Crippen molar-refractivity contribution >= 4 is 33.8 Å². The molecule has 1 fully saturated rings. The molecule has 1 aliphatic rings. The molecular weight excluding hydrogens is 364 g/mol. The van der Waals surface area contributed by atoms with Gasteiger partial charge in [0.25, 0.3) is 0 Å². The number of hydrogen-bond acceptors (Lipinski definition) is 5. The van der Waals surface area contributed by atoms with Gasteiger partial charge in [-0.1, -0.05) is 41.9 Å². The predicted molar refractivity (Wildman–Crippen MR) is 107 cm³/mol. The standard InChI is InChI=1S/C21H21ClN2O3/c22-19-11-17(6-5-15(19)13-25)24-9-7-23(8-10-24)12-20(26)21-18-4-2-1-3-16(18)14-27-21/h1-6,11,14,25H,7-10,12-13H2. The molecule has 1 aromatic heterocycles. The SMILES string of the molecule is O=C(CN1CCN(c2ccc(CO)c(Cl)c2)CC1)c1occ2ccccc12. The van der Waals surface area contributed by atoms with Crippen LogP contribution in [0.15, 0.2) is 53.1 Å². The molecule has 0 bridgehead atoms. The molecule has 1 aliphatic heterocycles. The Morgan fingerprint density at radius 3 is 2.63 bits per heavy atom. The highest BCUT2D eigenvalue weighted by molar-refractivity contribution is 6.31. The van der Waals surface area contributed by atoms with Gasteiger partial charge in [0, 0.05) is 47.7 Å². The summed E-state index contributed by atoms with van der Waals surface area (Å²) in [6.07, 6.45) is 1.64. The second-order valence-electron chi connectivity index (χ2n) is 6.77. The third-order valence-electron chi connectivity index (χ3n) is 5.07. The number of hydrogen-bond donors (Lipinski definition) is 1. The van der Waals surface area contributed by atoms with Gasteiger partial charge in [-0.15, -0.1) is 0 Å². The van der Waals surface area contributed by atoms with E-state index in [0.717, 1.165) is 48.2 Å². The Labute approximate surface area is 162 Å². The number of Topliss-reactive ketones (excluding diaryl/α,β-unsaturated/α-hetero) is 1. The van der Waals surface area contributed by atoms with Crippen LogP contribution < -0.4 is 4.90 Å². The maximum absolute atomic E-state index is 12.7. The summed E-state index contributed by atoms with van der Waals surface area (Å²) in [6.45, 7) is 3.53. The van der Waals surface area contributed by atoms with E-state index in [9.17, 15) is 9.90 Å². The van der Waals surface area contributed by atoms with E-state index in [-0.39, 0.29) is 12.4 Å². The first-order valence-electron chi connectivity index (χ1n) is 9.02. The second kappa shape index (κ2) is 7.72. The number of furan rings is 1. The molecule has 27 heavy (non-hydrogen) atoms. The Balaban J connectivity index is 1.38. The molecule has 0 atom stereocenters. The Morgan fingerprint density at radius 2 is 1.89 bits per heavy atom. The van der Waals surface area contributed by atoms with Gasteiger partial charge >= 0.3 is 0 Å². The molecule has 5 nitrogen and oxygen atoms in total. The topological polar surface area (TPSA) is 56.9 Å². The predicted octanol–water partition coefficient (Wildman–Crippen LogP) is 3.58. The number of ketones is 1. The van der Waals surface area contributed by atoms with Crippen LogP contribution in [0.5, 0.6) is 0 Å². The average Bonchev–Trinajstić information content (AvgIpc) is 3.13. The zero-order valence-electron chi connectivity index (χ0n) is 14.9. The number of aliphatic hydroxyl groups excluding tert-OH is 1. The van der Waals surface area contributed by atoms with Crippen molar-refractivity contribution in [3.63, 3.8) is 0 Å². The van der Waals surface area contributed by atoms with Crippen LogP contribution in [0, 0.1) is 0 Å². The number of rotatable bonds is 5. The van der Waals surface area contributed by atoms with Crippen LogP contribution in [0.2, 0.25) is 5.02 Å². The highest BCUT2D eigenvalue weighted by atomic mass is 35.5. The molecule has 0 spiro atoms. The molecule has 0 radical (unpaired) electrons. The summed E-state index contributed by atoms with van der Waals surface area (Å²) in [5.41, 5.74) is 1.77. The third kappa shape index (κ3) is 3.72. The molecule has 1 saturated heterocycles. The molecule has 0 aliphatic carbocycles. The van der Waals surface area contributed by atoms with Crippen molar-refractivity contribution in [3.8, 4) is 0 Å². The van der Waals surface area contributed by atoms with Gasteiger partial charge in [0.15, 0.2) is 5.76 Å². The molecule has 2 heterocycles. The molecule has 6 heteroatoms. The van der Waals surface area contributed by atoms with Crippen molar-refractivity contribution in [2.45, 2.75) is 6.61 Å². The molecule has 4 rings (SSSR count). The van der Waals surface area contributed by atoms with Gasteiger partial charge in [-0.2, -0.15) is 0 Å². The minimum absolute atomic E-state index is 0.0139. The van der Waals surface area contributed by atoms with Gasteiger partial charge in [0.1, 0.15) is 0 Å². The van der Waals surface area contributed by atoms with Crippen LogP contribution in [0.4, 0.5) is 5.69 Å². The molecule has 140 valence electrons. The fourth-order valence-corrected chi connectivity index (χ4v) is 3.74. The fraction of sp³-hybridized carbons (Fsp3) is 0.286. The van der Waals surface area contributed by atoms with Crippen molar-refractivity contribution in [1.82, 2.24) is 4.90 Å². The van der Waals surface area contributed by atoms with E-state index in [1.165, 1.54) is 0 Å². The summed E-state index contributed by atoms with van der Waals surface area (Å²) in [7, 11) is 0. The van der Waals surface area contributed by atoms with Crippen molar-refractivity contribution in [2.75, 3.05) is 37.6 Å². The van der Waals surface area contributed by atoms with Gasteiger partial charge in [-0.05, 0) is 17.7 Å². The van der Waals surface area contributed by atoms with Crippen LogP contribution in [0.25, 0.3) is 10.8 Å². The smallest absolute Gasteiger partial charge is 0.212 e. The van der Waals surface area contributed by atoms with Gasteiger partial charge in [-0.3, -0.25) is 9.69 Å². The summed E-state index contributed by atoms with van der Waals surface area (Å²) in [6, 6.07) is 13.4. The maximum Gasteiger partial charge on any atom is 0.212 e. The van der Waals surface area contributed by atoms with Crippen molar-refractivity contribution in [2.24, 2.45) is 0 Å². The van der Waals surface area contributed by atoms with Crippen molar-refractivity contribution < 1.29 is 14.3 Å². The first kappa shape index (κ1) is 18.0. The maximum atomic E-state index is 12.7. The lowest BCUT2D eigenvalue weighted by atomic mass is 10.1. The summed E-state index contributed by atoms with van der Waals surface area (Å²) >= 11 is 6.20. The number of carbonyl (C=O) groups excluding carboxylic acids is 1. The minimum Gasteiger partial charge on any atom is -0.460 e. The lowest BCUT2D eigenvalue weighted by Gasteiger charge is -2.35. The summed E-state index contributed by atoms with van der Waals surface area (Å²) in [5, 5.41) is 11.6. The lowest BCUT2D eigenvalue weighted by Crippen LogP contribution is -2.48. The molecule has 0 unspecified atom stereocenters. The Kier molecular flexibility index (Phi) is 5.16. The van der Waals surface area contributed by atoms with E-state index in [1.54, 1.807) is 6.26 Å². The number of carbonyl (C=O) groups is 1. The normalized spacial score (nSPS) is 15.4. The Bertz CT molecular complexity index is 961. The van der Waals surface area contributed by atoms with Crippen LogP contribution in [-0.4, -0.2) is 48.5 Å². The van der Waals surface area contributed by atoms with Crippen LogP contribution in [0.1, 0.15) is 16.1 Å². The first-order valence-corrected chi connectivity index (χ1v) is 9.39. The van der Waals surface area contributed by atoms with Crippen molar-refractivity contribution in [3.05, 3.63) is 65.1 Å². The van der Waals surface area contributed by atoms with E-state index in [0.29, 0.717) is 17.3 Å². The van der Waals surface area contributed by atoms with E-state index in [1.807, 2.05) is 42.5 Å². The zero-order chi connectivity index (χ0) is 18.8. The van der Waals surface area contributed by atoms with E-state index < -0.39 is 0 Å². The number of halogens is 1. The summed E-state index contributed by atoms with van der Waals surface area (Å²) in [4.78, 5) is 17.1. The fourth-order valence-electron chi connectivity index (χ4n) is 3.51. The first-order chi connectivity index (χ1) is 13.2. The molecule has 3 aromatic rings. The number of piperazine rings is 1. The van der Waals surface area contributed by atoms with Crippen molar-refractivity contribution in [1.29, 1.82) is 0 Å². The average molecular weight is 385 g/mol. The molecule has 1 N–H and O–H groups in total. The number of benzene rings is 2. The quantitative estimate of drug-likeness (QED) is 0.681. The Hall–Kier alpha value is -2.34. The summed E-state index contributed by atoms with van der Waals surface area (Å²) in [5.74, 6) is 0.458. The summed E-state index contributed by atoms with van der Waals surface area (Å²) < 4.78 is 5.52. The molecule has 0 amide bonds. The highest BCUT2D eigenvalue weighted by Gasteiger charge is 2.22. The number of fused-ring (bicyclic) bond motifs is 1. The van der Waals surface area contributed by atoms with Gasteiger partial charge < -0.3 is 14.4 Å². The Morgan fingerprint density at radius 1 is 1.11 bits per heavy atom. The highest BCUT2D eigenvalue weighted by Crippen LogP contribution is 2.25. The van der Waals surface area contributed by atoms with Gasteiger partial charge in [-0.25, -0.2) is 0 Å². The van der Waals surface area contributed by atoms with Gasteiger partial charge in [0.05, 0.1) is 19.4 Å². The third-order valence-corrected chi connectivity index (χ3v) is 5.43. The molecule has 2 aromatic carbocycles. The van der Waals surface area contributed by atoms with Gasteiger partial charge in [0.2, 0.25) is 5.78 Å². The number of anilines is 1. The lowest BCUT2D eigenvalue weighted by molar-refractivity contribution is 0.0901. The van der Waals surface area contributed by atoms with E-state index in [2.05, 4.69) is 9.80 Å². The van der Waals surface area contributed by atoms with Crippen LogP contribution >= 0.6 is 11.6 Å². The van der Waals surface area contributed by atoms with E-state index in [4.69, 9.17) is 16.0 Å². The second-order valence-corrected chi connectivity index (χ2v) is 7.18. The minimum atomic E-state index is -0.0591. The number of aliphatic hydroxyl groups is 1. The number of nitrogens with zero attached hydrogens (tertiary/aromatic N) is 2. The zero-order valence-corrected chi connectivity index (χ0v) is 15.7. The van der Waals surface area contributed by atoms with E-state index >= 15 is 0 Å².